The van der Waals surface area contributed by atoms with Crippen molar-refractivity contribution in [3.8, 4) is 22.4 Å². The van der Waals surface area contributed by atoms with Crippen molar-refractivity contribution in [2.45, 2.75) is 77.7 Å². The van der Waals surface area contributed by atoms with Gasteiger partial charge in [0.2, 0.25) is 0 Å². The van der Waals surface area contributed by atoms with Crippen molar-refractivity contribution < 1.29 is 19.0 Å². The molecule has 0 unspecified atom stereocenters. The fourth-order valence-corrected chi connectivity index (χ4v) is 7.93. The first-order valence-electron chi connectivity index (χ1n) is 18.2. The van der Waals surface area contributed by atoms with Crippen LogP contribution in [-0.4, -0.2) is 105 Å². The van der Waals surface area contributed by atoms with Crippen LogP contribution in [0.25, 0.3) is 28.0 Å². The molecule has 0 N–H and O–H groups in total. The second kappa shape index (κ2) is 16.8. The van der Waals surface area contributed by atoms with E-state index in [1.807, 2.05) is 61.9 Å². The molecule has 1 aliphatic rings. The van der Waals surface area contributed by atoms with Crippen LogP contribution < -0.4 is 9.80 Å². The number of ether oxygens (including phenoxy) is 3. The van der Waals surface area contributed by atoms with Gasteiger partial charge in [-0.1, -0.05) is 75.7 Å². The van der Waals surface area contributed by atoms with Crippen LogP contribution >= 0.6 is 15.9 Å². The molecule has 1 fully saturated rings. The van der Waals surface area contributed by atoms with Gasteiger partial charge in [0.05, 0.1) is 11.9 Å². The Labute approximate surface area is 319 Å². The Kier molecular flexibility index (Phi) is 12.9. The zero-order chi connectivity index (χ0) is 37.7. The van der Waals surface area contributed by atoms with E-state index in [9.17, 15) is 4.79 Å². The molecular weight excluding hydrogens is 755 g/mol. The van der Waals surface area contributed by atoms with Gasteiger partial charge in [-0.25, -0.2) is 9.78 Å². The molecule has 1 saturated heterocycles. The van der Waals surface area contributed by atoms with Gasteiger partial charge >= 0.3 is 6.09 Å². The fourth-order valence-electron chi connectivity index (χ4n) is 5.66. The highest BCUT2D eigenvalue weighted by molar-refractivity contribution is 9.10. The average molecular weight is 811 g/mol. The lowest BCUT2D eigenvalue weighted by atomic mass is 10.1. The Morgan fingerprint density at radius 3 is 2.00 bits per heavy atom. The molecule has 282 valence electrons. The minimum Gasteiger partial charge on any atom is -0.444 e. The van der Waals surface area contributed by atoms with E-state index in [-0.39, 0.29) is 6.09 Å². The second-order valence-corrected chi connectivity index (χ2v) is 28.9. The van der Waals surface area contributed by atoms with E-state index in [2.05, 4.69) is 83.2 Å². The third kappa shape index (κ3) is 10.9. The van der Waals surface area contributed by atoms with E-state index in [1.165, 1.54) is 0 Å². The number of anilines is 2. The van der Waals surface area contributed by atoms with Gasteiger partial charge in [0.1, 0.15) is 29.4 Å². The molecule has 0 atom stereocenters. The maximum atomic E-state index is 12.9. The van der Waals surface area contributed by atoms with Gasteiger partial charge in [0.25, 0.3) is 0 Å². The van der Waals surface area contributed by atoms with Gasteiger partial charge in [-0.05, 0) is 54.9 Å². The number of aromatic nitrogens is 4. The van der Waals surface area contributed by atoms with Gasteiger partial charge in [0.15, 0.2) is 11.5 Å². The number of fused-ring (bicyclic) bond motifs is 1. The maximum absolute atomic E-state index is 12.9. The standard InChI is InChI=1S/C38H56BrN7O4Si2/c1-38(2,3)50-37(47)44-19-17-43(18-20-44)35-33(39)36(45(27-48-21-23-51(4,5)6)28-49-22-24-52(7,8)9)46-34(42-35)31(26-41-46)30-15-16-32(40-25-30)29-13-11-10-12-14-29/h10-16,25-26H,17-24,27-28H2,1-9H3. The molecule has 5 rings (SSSR count). The molecule has 4 heterocycles. The predicted molar refractivity (Wildman–Crippen MR) is 220 cm³/mol. The molecule has 0 bridgehead atoms. The summed E-state index contributed by atoms with van der Waals surface area (Å²) < 4.78 is 21.1. The van der Waals surface area contributed by atoms with Gasteiger partial charge in [-0.2, -0.15) is 9.61 Å². The molecular formula is C38H56BrN7O4Si2. The molecule has 1 aliphatic heterocycles. The molecule has 4 aromatic rings. The molecule has 1 aromatic carbocycles. The molecule has 0 aliphatic carbocycles. The zero-order valence-electron chi connectivity index (χ0n) is 32.4. The summed E-state index contributed by atoms with van der Waals surface area (Å²) in [5, 5.41) is 4.92. The van der Waals surface area contributed by atoms with Gasteiger partial charge < -0.3 is 28.9 Å². The number of amides is 1. The maximum Gasteiger partial charge on any atom is 0.410 e. The molecule has 1 amide bonds. The van der Waals surface area contributed by atoms with Crippen LogP contribution in [0.15, 0.2) is 59.3 Å². The van der Waals surface area contributed by atoms with Crippen molar-refractivity contribution in [3.05, 3.63) is 59.3 Å². The number of pyridine rings is 1. The molecule has 0 saturated carbocycles. The summed E-state index contributed by atoms with van der Waals surface area (Å²) in [4.78, 5) is 29.1. The number of hydrogen-bond acceptors (Lipinski definition) is 9. The summed E-state index contributed by atoms with van der Waals surface area (Å²) in [6, 6.07) is 16.4. The first kappa shape index (κ1) is 39.9. The number of rotatable bonds is 14. The predicted octanol–water partition coefficient (Wildman–Crippen LogP) is 8.71. The van der Waals surface area contributed by atoms with Crippen molar-refractivity contribution >= 4 is 55.5 Å². The first-order valence-corrected chi connectivity index (χ1v) is 26.4. The molecule has 3 aromatic heterocycles. The van der Waals surface area contributed by atoms with Gasteiger partial charge in [0, 0.05) is 78.4 Å². The van der Waals surface area contributed by atoms with E-state index in [0.29, 0.717) is 58.5 Å². The summed E-state index contributed by atoms with van der Waals surface area (Å²) in [6.45, 7) is 24.1. The van der Waals surface area contributed by atoms with E-state index < -0.39 is 21.7 Å². The van der Waals surface area contributed by atoms with Crippen LogP contribution in [0.3, 0.4) is 0 Å². The number of carbonyl (C=O) groups is 1. The fraction of sp³-hybridized carbons (Fsp3) is 0.526. The van der Waals surface area contributed by atoms with Crippen molar-refractivity contribution in [1.29, 1.82) is 0 Å². The Balaban J connectivity index is 1.53. The monoisotopic (exact) mass is 809 g/mol. The summed E-state index contributed by atoms with van der Waals surface area (Å²) in [7, 11) is -2.58. The van der Waals surface area contributed by atoms with E-state index >= 15 is 0 Å². The van der Waals surface area contributed by atoms with Gasteiger partial charge in [-0.3, -0.25) is 4.98 Å². The number of piperazine rings is 1. The van der Waals surface area contributed by atoms with Gasteiger partial charge in [-0.15, -0.1) is 0 Å². The van der Waals surface area contributed by atoms with Crippen LogP contribution in [-0.2, 0) is 14.2 Å². The quantitative estimate of drug-likeness (QED) is 0.0704. The van der Waals surface area contributed by atoms with Crippen molar-refractivity contribution in [1.82, 2.24) is 24.5 Å². The number of hydrogen-bond donors (Lipinski definition) is 0. The third-order valence-corrected chi connectivity index (χ3v) is 12.8. The molecule has 52 heavy (non-hydrogen) atoms. The average Bonchev–Trinajstić information content (AvgIpc) is 3.50. The highest BCUT2D eigenvalue weighted by Crippen LogP contribution is 2.38. The third-order valence-electron chi connectivity index (χ3n) is 8.71. The summed E-state index contributed by atoms with van der Waals surface area (Å²) in [5.41, 5.74) is 3.89. The van der Waals surface area contributed by atoms with Crippen LogP contribution in [0.1, 0.15) is 20.8 Å². The lowest BCUT2D eigenvalue weighted by Crippen LogP contribution is -2.50. The van der Waals surface area contributed by atoms with Crippen LogP contribution in [0, 0.1) is 0 Å². The largest absolute Gasteiger partial charge is 0.444 e. The normalized spacial score (nSPS) is 14.3. The molecule has 11 nitrogen and oxygen atoms in total. The second-order valence-electron chi connectivity index (χ2n) is 16.9. The smallest absolute Gasteiger partial charge is 0.410 e. The topological polar surface area (TPSA) is 97.6 Å². The van der Waals surface area contributed by atoms with E-state index in [0.717, 1.165) is 50.6 Å². The van der Waals surface area contributed by atoms with Crippen molar-refractivity contribution in [2.24, 2.45) is 0 Å². The number of nitrogens with zero attached hydrogens (tertiary/aromatic N) is 7. The first-order chi connectivity index (χ1) is 24.5. The Morgan fingerprint density at radius 1 is 0.846 bits per heavy atom. The van der Waals surface area contributed by atoms with Crippen LogP contribution in [0.2, 0.25) is 51.4 Å². The van der Waals surface area contributed by atoms with Crippen molar-refractivity contribution in [2.75, 3.05) is 62.7 Å². The minimum atomic E-state index is -1.29. The Bertz CT molecular complexity index is 1760. The lowest BCUT2D eigenvalue weighted by Gasteiger charge is -2.37. The lowest BCUT2D eigenvalue weighted by molar-refractivity contribution is 0.0240. The van der Waals surface area contributed by atoms with E-state index in [4.69, 9.17) is 29.3 Å². The summed E-state index contributed by atoms with van der Waals surface area (Å²) in [5.74, 6) is 1.58. The zero-order valence-corrected chi connectivity index (χ0v) is 36.0. The van der Waals surface area contributed by atoms with Crippen LogP contribution in [0.5, 0.6) is 0 Å². The molecule has 0 spiro atoms. The molecule has 14 heteroatoms. The van der Waals surface area contributed by atoms with Crippen molar-refractivity contribution in [3.63, 3.8) is 0 Å². The number of benzene rings is 1. The minimum absolute atomic E-state index is 0.294. The highest BCUT2D eigenvalue weighted by Gasteiger charge is 2.30. The summed E-state index contributed by atoms with van der Waals surface area (Å²) >= 11 is 3.98. The van der Waals surface area contributed by atoms with Crippen LogP contribution in [0.4, 0.5) is 16.4 Å². The Morgan fingerprint density at radius 2 is 1.46 bits per heavy atom. The summed E-state index contributed by atoms with van der Waals surface area (Å²) in [6.07, 6.45) is 3.45. The number of halogens is 1. The highest BCUT2D eigenvalue weighted by atomic mass is 79.9. The Hall–Kier alpha value is -3.31. The number of carbonyl (C=O) groups excluding carboxylic acids is 1. The van der Waals surface area contributed by atoms with E-state index in [1.54, 1.807) is 4.90 Å². The SMILES string of the molecule is CC(C)(C)OC(=O)N1CCN(c2nc3c(-c4ccc(-c5ccccc5)nc4)cnn3c(N(COCC[Si](C)(C)C)COCC[Si](C)(C)C)c2Br)CC1. The molecule has 0 radical (unpaired) electrons.